The highest BCUT2D eigenvalue weighted by molar-refractivity contribution is 7.83. The van der Waals surface area contributed by atoms with Crippen LogP contribution in [0.3, 0.4) is 0 Å². The van der Waals surface area contributed by atoms with E-state index in [2.05, 4.69) is 12.3 Å². The minimum absolute atomic E-state index is 0.0181. The maximum Gasteiger partial charge on any atom is 0.189 e. The molecule has 0 fully saturated rings. The molecule has 0 saturated heterocycles. The van der Waals surface area contributed by atoms with Gasteiger partial charge in [-0.25, -0.2) is 4.21 Å². The van der Waals surface area contributed by atoms with Crippen LogP contribution in [-0.4, -0.2) is 10.3 Å². The SMILES string of the molecule is C=C=CS(=O)OC(C)C. The van der Waals surface area contributed by atoms with Crippen molar-refractivity contribution in [2.75, 3.05) is 0 Å². The molecule has 0 aliphatic heterocycles. The Morgan fingerprint density at radius 1 is 1.78 bits per heavy atom. The summed E-state index contributed by atoms with van der Waals surface area (Å²) in [5.74, 6) is 0. The molecule has 0 heterocycles. The van der Waals surface area contributed by atoms with E-state index in [0.717, 1.165) is 0 Å². The van der Waals surface area contributed by atoms with Crippen LogP contribution in [0.2, 0.25) is 0 Å². The van der Waals surface area contributed by atoms with E-state index in [1.807, 2.05) is 13.8 Å². The van der Waals surface area contributed by atoms with Gasteiger partial charge in [0.1, 0.15) is 0 Å². The van der Waals surface area contributed by atoms with E-state index in [9.17, 15) is 4.21 Å². The molecule has 0 saturated carbocycles. The molecule has 3 heteroatoms. The van der Waals surface area contributed by atoms with E-state index in [1.165, 1.54) is 5.41 Å². The summed E-state index contributed by atoms with van der Waals surface area (Å²) >= 11 is -1.35. The lowest BCUT2D eigenvalue weighted by Crippen LogP contribution is -2.02. The molecular formula is C6H10O2S. The lowest BCUT2D eigenvalue weighted by Gasteiger charge is -1.99. The fourth-order valence-corrected chi connectivity index (χ4v) is 0.856. The standard InChI is InChI=1S/C6H10O2S/c1-4-5-9(7)8-6(2)3/h5-6H,1H2,2-3H3. The van der Waals surface area contributed by atoms with E-state index in [1.54, 1.807) is 0 Å². The van der Waals surface area contributed by atoms with Crippen molar-refractivity contribution in [1.29, 1.82) is 0 Å². The highest BCUT2D eigenvalue weighted by atomic mass is 32.2. The van der Waals surface area contributed by atoms with Crippen LogP contribution in [0.15, 0.2) is 17.7 Å². The summed E-state index contributed by atoms with van der Waals surface area (Å²) in [6.45, 7) is 6.88. The average Bonchev–Trinajstić information content (AvgIpc) is 1.63. The molecule has 0 amide bonds. The molecule has 1 atom stereocenters. The number of hydrogen-bond donors (Lipinski definition) is 0. The summed E-state index contributed by atoms with van der Waals surface area (Å²) in [7, 11) is 0. The van der Waals surface area contributed by atoms with Crippen molar-refractivity contribution in [2.45, 2.75) is 20.0 Å². The van der Waals surface area contributed by atoms with E-state index in [0.29, 0.717) is 0 Å². The number of rotatable bonds is 3. The topological polar surface area (TPSA) is 26.3 Å². The van der Waals surface area contributed by atoms with Crippen LogP contribution in [0.4, 0.5) is 0 Å². The molecule has 0 spiro atoms. The van der Waals surface area contributed by atoms with Crippen molar-refractivity contribution < 1.29 is 8.39 Å². The van der Waals surface area contributed by atoms with Crippen molar-refractivity contribution >= 4 is 11.1 Å². The Morgan fingerprint density at radius 3 is 2.67 bits per heavy atom. The van der Waals surface area contributed by atoms with Gasteiger partial charge in [-0.1, -0.05) is 6.58 Å². The predicted molar refractivity (Wildman–Crippen MR) is 38.1 cm³/mol. The zero-order chi connectivity index (χ0) is 7.28. The average molecular weight is 146 g/mol. The molecular weight excluding hydrogens is 136 g/mol. The van der Waals surface area contributed by atoms with Gasteiger partial charge in [0.05, 0.1) is 11.5 Å². The van der Waals surface area contributed by atoms with Gasteiger partial charge in [-0.3, -0.25) is 4.18 Å². The van der Waals surface area contributed by atoms with Crippen LogP contribution in [-0.2, 0) is 15.3 Å². The van der Waals surface area contributed by atoms with Gasteiger partial charge in [0.2, 0.25) is 0 Å². The minimum atomic E-state index is -1.35. The van der Waals surface area contributed by atoms with Crippen molar-refractivity contribution in [1.82, 2.24) is 0 Å². The largest absolute Gasteiger partial charge is 0.284 e. The van der Waals surface area contributed by atoms with Crippen molar-refractivity contribution in [3.05, 3.63) is 17.7 Å². The summed E-state index contributed by atoms with van der Waals surface area (Å²) in [6.07, 6.45) is -0.0181. The molecule has 0 bridgehead atoms. The highest BCUT2D eigenvalue weighted by Gasteiger charge is 1.96. The fraction of sp³-hybridized carbons (Fsp3) is 0.500. The molecule has 1 unspecified atom stereocenters. The summed E-state index contributed by atoms with van der Waals surface area (Å²) in [6, 6.07) is 0. The van der Waals surface area contributed by atoms with E-state index >= 15 is 0 Å². The maximum atomic E-state index is 10.6. The van der Waals surface area contributed by atoms with E-state index in [-0.39, 0.29) is 6.10 Å². The summed E-state index contributed by atoms with van der Waals surface area (Å²) in [5.41, 5.74) is 2.37. The Kier molecular flexibility index (Phi) is 4.32. The second kappa shape index (κ2) is 4.50. The Hall–Kier alpha value is -0.370. The normalized spacial score (nSPS) is 12.8. The summed E-state index contributed by atoms with van der Waals surface area (Å²) in [5, 5.41) is 1.28. The third-order valence-corrected chi connectivity index (χ3v) is 1.40. The highest BCUT2D eigenvalue weighted by Crippen LogP contribution is 1.93. The van der Waals surface area contributed by atoms with Gasteiger partial charge in [-0.05, 0) is 13.8 Å². The predicted octanol–water partition coefficient (Wildman–Crippen LogP) is 1.37. The Morgan fingerprint density at radius 2 is 2.33 bits per heavy atom. The van der Waals surface area contributed by atoms with Crippen LogP contribution in [0.5, 0.6) is 0 Å². The molecule has 52 valence electrons. The third-order valence-electron chi connectivity index (χ3n) is 0.467. The zero-order valence-corrected chi connectivity index (χ0v) is 6.40. The molecule has 0 N–H and O–H groups in total. The molecule has 0 aromatic rings. The molecule has 0 aliphatic carbocycles. The zero-order valence-electron chi connectivity index (χ0n) is 5.59. The van der Waals surface area contributed by atoms with Crippen LogP contribution in [0, 0.1) is 0 Å². The lowest BCUT2D eigenvalue weighted by atomic mass is 10.5. The monoisotopic (exact) mass is 146 g/mol. The van der Waals surface area contributed by atoms with Gasteiger partial charge in [0.25, 0.3) is 0 Å². The second-order valence-electron chi connectivity index (χ2n) is 1.73. The molecule has 0 aromatic carbocycles. The Labute approximate surface area is 57.9 Å². The summed E-state index contributed by atoms with van der Waals surface area (Å²) in [4.78, 5) is 0. The molecule has 0 aliphatic rings. The fourth-order valence-electron chi connectivity index (χ4n) is 0.285. The van der Waals surface area contributed by atoms with Gasteiger partial charge in [0.15, 0.2) is 11.1 Å². The second-order valence-corrected chi connectivity index (χ2v) is 2.68. The Bertz CT molecular complexity index is 145. The van der Waals surface area contributed by atoms with Crippen LogP contribution in [0.1, 0.15) is 13.8 Å². The van der Waals surface area contributed by atoms with Gasteiger partial charge in [-0.2, -0.15) is 0 Å². The van der Waals surface area contributed by atoms with Gasteiger partial charge < -0.3 is 0 Å². The van der Waals surface area contributed by atoms with Gasteiger partial charge in [-0.15, -0.1) is 5.73 Å². The molecule has 0 rings (SSSR count). The number of hydrogen-bond acceptors (Lipinski definition) is 2. The first-order valence-electron chi connectivity index (χ1n) is 2.60. The van der Waals surface area contributed by atoms with Crippen molar-refractivity contribution in [3.63, 3.8) is 0 Å². The van der Waals surface area contributed by atoms with E-state index < -0.39 is 11.1 Å². The first-order chi connectivity index (χ1) is 4.16. The third kappa shape index (κ3) is 5.50. The van der Waals surface area contributed by atoms with E-state index in [4.69, 9.17) is 4.18 Å². The maximum absolute atomic E-state index is 10.6. The van der Waals surface area contributed by atoms with Gasteiger partial charge in [0, 0.05) is 0 Å². The van der Waals surface area contributed by atoms with Crippen molar-refractivity contribution in [3.8, 4) is 0 Å². The molecule has 0 radical (unpaired) electrons. The van der Waals surface area contributed by atoms with Crippen LogP contribution < -0.4 is 0 Å². The first kappa shape index (κ1) is 8.63. The van der Waals surface area contributed by atoms with Crippen LogP contribution >= 0.6 is 0 Å². The molecule has 2 nitrogen and oxygen atoms in total. The minimum Gasteiger partial charge on any atom is -0.284 e. The van der Waals surface area contributed by atoms with Crippen LogP contribution in [0.25, 0.3) is 0 Å². The molecule has 0 aromatic heterocycles. The first-order valence-corrected chi connectivity index (χ1v) is 3.74. The molecule has 9 heavy (non-hydrogen) atoms. The lowest BCUT2D eigenvalue weighted by molar-refractivity contribution is 0.273. The Balaban J connectivity index is 3.64. The smallest absolute Gasteiger partial charge is 0.189 e. The van der Waals surface area contributed by atoms with Gasteiger partial charge >= 0.3 is 0 Å². The van der Waals surface area contributed by atoms with Crippen molar-refractivity contribution in [2.24, 2.45) is 0 Å². The quantitative estimate of drug-likeness (QED) is 0.562. The summed E-state index contributed by atoms with van der Waals surface area (Å²) < 4.78 is 15.4.